The SMILES string of the molecule is Cc1oc(-c2cccc(Oc3ccccc3)c2)nc1CN1CCC(CN2CCOCC2)CC1. The number of benzene rings is 2. The van der Waals surface area contributed by atoms with Crippen LogP contribution >= 0.6 is 0 Å². The second-order valence-corrected chi connectivity index (χ2v) is 9.10. The molecule has 2 aromatic carbocycles. The normalized spacial score (nSPS) is 18.5. The van der Waals surface area contributed by atoms with E-state index in [9.17, 15) is 0 Å². The second-order valence-electron chi connectivity index (χ2n) is 9.10. The highest BCUT2D eigenvalue weighted by molar-refractivity contribution is 5.57. The quantitative estimate of drug-likeness (QED) is 0.509. The van der Waals surface area contributed by atoms with Gasteiger partial charge in [0.25, 0.3) is 0 Å². The first kappa shape index (κ1) is 22.1. The van der Waals surface area contributed by atoms with Gasteiger partial charge in [-0.2, -0.15) is 0 Å². The van der Waals surface area contributed by atoms with Crippen molar-refractivity contribution in [3.05, 3.63) is 66.1 Å². The van der Waals surface area contributed by atoms with Gasteiger partial charge in [0.1, 0.15) is 17.3 Å². The largest absolute Gasteiger partial charge is 0.457 e. The van der Waals surface area contributed by atoms with Crippen LogP contribution in [0.2, 0.25) is 0 Å². The summed E-state index contributed by atoms with van der Waals surface area (Å²) < 4.78 is 17.5. The highest BCUT2D eigenvalue weighted by atomic mass is 16.5. The highest BCUT2D eigenvalue weighted by Crippen LogP contribution is 2.29. The predicted octanol–water partition coefficient (Wildman–Crippen LogP) is 4.99. The van der Waals surface area contributed by atoms with E-state index in [-0.39, 0.29) is 0 Å². The van der Waals surface area contributed by atoms with E-state index in [4.69, 9.17) is 18.9 Å². The standard InChI is InChI=1S/C27H33N3O3/c1-21-26(20-29-12-10-22(11-13-29)19-30-14-16-31-17-15-30)28-27(32-21)23-6-5-9-25(18-23)33-24-7-3-2-4-8-24/h2-9,18,22H,10-17,19-20H2,1H3. The maximum absolute atomic E-state index is 6.06. The molecule has 174 valence electrons. The lowest BCUT2D eigenvalue weighted by Crippen LogP contribution is -2.42. The highest BCUT2D eigenvalue weighted by Gasteiger charge is 2.24. The van der Waals surface area contributed by atoms with Crippen LogP contribution in [0.15, 0.2) is 59.0 Å². The summed E-state index contributed by atoms with van der Waals surface area (Å²) in [4.78, 5) is 9.93. The Kier molecular flexibility index (Phi) is 7.05. The minimum Gasteiger partial charge on any atom is -0.457 e. The Balaban J connectivity index is 1.18. The first-order valence-corrected chi connectivity index (χ1v) is 12.0. The maximum atomic E-state index is 6.06. The van der Waals surface area contributed by atoms with E-state index in [2.05, 4.69) is 9.80 Å². The molecular weight excluding hydrogens is 414 g/mol. The number of hydrogen-bond donors (Lipinski definition) is 0. The Bertz CT molecular complexity index is 1020. The van der Waals surface area contributed by atoms with Crippen LogP contribution < -0.4 is 4.74 Å². The van der Waals surface area contributed by atoms with Crippen molar-refractivity contribution in [1.82, 2.24) is 14.8 Å². The van der Waals surface area contributed by atoms with Gasteiger partial charge >= 0.3 is 0 Å². The Morgan fingerprint density at radius 2 is 1.67 bits per heavy atom. The summed E-state index contributed by atoms with van der Waals surface area (Å²) >= 11 is 0. The van der Waals surface area contributed by atoms with Crippen LogP contribution in [0.4, 0.5) is 0 Å². The molecule has 0 aliphatic carbocycles. The van der Waals surface area contributed by atoms with Crippen LogP contribution in [-0.4, -0.2) is 60.7 Å². The zero-order chi connectivity index (χ0) is 22.5. The van der Waals surface area contributed by atoms with Crippen molar-refractivity contribution < 1.29 is 13.9 Å². The molecule has 2 fully saturated rings. The van der Waals surface area contributed by atoms with E-state index in [0.717, 1.165) is 80.4 Å². The first-order valence-electron chi connectivity index (χ1n) is 12.0. The molecule has 0 radical (unpaired) electrons. The Morgan fingerprint density at radius 3 is 2.45 bits per heavy atom. The molecule has 0 amide bonds. The van der Waals surface area contributed by atoms with Gasteiger partial charge in [-0.25, -0.2) is 4.98 Å². The third kappa shape index (κ3) is 5.82. The number of oxazole rings is 1. The summed E-state index contributed by atoms with van der Waals surface area (Å²) in [5.74, 6) is 3.94. The van der Waals surface area contributed by atoms with Gasteiger partial charge in [0.15, 0.2) is 0 Å². The molecule has 0 saturated carbocycles. The van der Waals surface area contributed by atoms with E-state index in [1.54, 1.807) is 0 Å². The number of morpholine rings is 1. The van der Waals surface area contributed by atoms with Crippen molar-refractivity contribution in [2.45, 2.75) is 26.3 Å². The summed E-state index contributed by atoms with van der Waals surface area (Å²) in [5.41, 5.74) is 1.97. The van der Waals surface area contributed by atoms with Gasteiger partial charge in [-0.1, -0.05) is 24.3 Å². The van der Waals surface area contributed by atoms with Crippen LogP contribution in [0.5, 0.6) is 11.5 Å². The van der Waals surface area contributed by atoms with Crippen molar-refractivity contribution in [3.63, 3.8) is 0 Å². The lowest BCUT2D eigenvalue weighted by molar-refractivity contribution is 0.0241. The van der Waals surface area contributed by atoms with Crippen molar-refractivity contribution in [2.75, 3.05) is 45.9 Å². The van der Waals surface area contributed by atoms with Gasteiger partial charge in [0.05, 0.1) is 18.9 Å². The minimum atomic E-state index is 0.656. The average molecular weight is 448 g/mol. The van der Waals surface area contributed by atoms with E-state index in [0.29, 0.717) is 5.89 Å². The molecule has 2 aliphatic rings. The number of likely N-dealkylation sites (tertiary alicyclic amines) is 1. The van der Waals surface area contributed by atoms with Gasteiger partial charge in [0, 0.05) is 31.7 Å². The molecule has 3 aromatic rings. The van der Waals surface area contributed by atoms with Gasteiger partial charge < -0.3 is 13.9 Å². The number of piperidine rings is 1. The third-order valence-corrected chi connectivity index (χ3v) is 6.65. The predicted molar refractivity (Wildman–Crippen MR) is 128 cm³/mol. The monoisotopic (exact) mass is 447 g/mol. The summed E-state index contributed by atoms with van der Waals surface area (Å²) in [6.45, 7) is 10.3. The lowest BCUT2D eigenvalue weighted by Gasteiger charge is -2.35. The number of aromatic nitrogens is 1. The molecule has 0 N–H and O–H groups in total. The molecule has 0 spiro atoms. The van der Waals surface area contributed by atoms with Crippen molar-refractivity contribution in [1.29, 1.82) is 0 Å². The summed E-state index contributed by atoms with van der Waals surface area (Å²) in [6, 6.07) is 17.7. The Hall–Kier alpha value is -2.67. The Morgan fingerprint density at radius 1 is 0.909 bits per heavy atom. The molecule has 6 heteroatoms. The molecule has 3 heterocycles. The fourth-order valence-electron chi connectivity index (χ4n) is 4.70. The number of hydrogen-bond acceptors (Lipinski definition) is 6. The molecule has 2 saturated heterocycles. The third-order valence-electron chi connectivity index (χ3n) is 6.65. The second kappa shape index (κ2) is 10.5. The van der Waals surface area contributed by atoms with Gasteiger partial charge in [0.2, 0.25) is 5.89 Å². The van der Waals surface area contributed by atoms with Crippen molar-refractivity contribution >= 4 is 0 Å². The van der Waals surface area contributed by atoms with Crippen molar-refractivity contribution in [3.8, 4) is 23.0 Å². The zero-order valence-electron chi connectivity index (χ0n) is 19.4. The number of nitrogens with zero attached hydrogens (tertiary/aromatic N) is 3. The van der Waals surface area contributed by atoms with Gasteiger partial charge in [-0.3, -0.25) is 9.80 Å². The first-order chi connectivity index (χ1) is 16.2. The number of aryl methyl sites for hydroxylation is 1. The van der Waals surface area contributed by atoms with Crippen LogP contribution in [0.1, 0.15) is 24.3 Å². The molecule has 33 heavy (non-hydrogen) atoms. The van der Waals surface area contributed by atoms with Crippen LogP contribution in [0.3, 0.4) is 0 Å². The van der Waals surface area contributed by atoms with Crippen LogP contribution in [0, 0.1) is 12.8 Å². The smallest absolute Gasteiger partial charge is 0.226 e. The number of para-hydroxylation sites is 1. The fraction of sp³-hybridized carbons (Fsp3) is 0.444. The summed E-state index contributed by atoms with van der Waals surface area (Å²) in [7, 11) is 0. The number of rotatable bonds is 7. The molecule has 0 bridgehead atoms. The van der Waals surface area contributed by atoms with Gasteiger partial charge in [-0.15, -0.1) is 0 Å². The topological polar surface area (TPSA) is 51.0 Å². The molecular formula is C27H33N3O3. The van der Waals surface area contributed by atoms with E-state index in [1.807, 2.05) is 61.5 Å². The fourth-order valence-corrected chi connectivity index (χ4v) is 4.70. The molecule has 6 nitrogen and oxygen atoms in total. The molecule has 0 atom stereocenters. The van der Waals surface area contributed by atoms with E-state index in [1.165, 1.54) is 19.4 Å². The molecule has 2 aliphatic heterocycles. The molecule has 0 unspecified atom stereocenters. The number of ether oxygens (including phenoxy) is 2. The zero-order valence-corrected chi connectivity index (χ0v) is 19.4. The minimum absolute atomic E-state index is 0.656. The molecule has 1 aromatic heterocycles. The maximum Gasteiger partial charge on any atom is 0.226 e. The van der Waals surface area contributed by atoms with Crippen LogP contribution in [-0.2, 0) is 11.3 Å². The molecule has 5 rings (SSSR count). The van der Waals surface area contributed by atoms with E-state index >= 15 is 0 Å². The summed E-state index contributed by atoms with van der Waals surface area (Å²) in [6.07, 6.45) is 2.50. The van der Waals surface area contributed by atoms with Gasteiger partial charge in [-0.05, 0) is 69.1 Å². The van der Waals surface area contributed by atoms with E-state index < -0.39 is 0 Å². The van der Waals surface area contributed by atoms with Crippen LogP contribution in [0.25, 0.3) is 11.5 Å². The Labute approximate surface area is 196 Å². The van der Waals surface area contributed by atoms with Crippen molar-refractivity contribution in [2.24, 2.45) is 5.92 Å². The lowest BCUT2D eigenvalue weighted by atomic mass is 9.96. The summed E-state index contributed by atoms with van der Waals surface area (Å²) in [5, 5.41) is 0. The average Bonchev–Trinajstić information content (AvgIpc) is 3.22.